The number of halogens is 2. The Hall–Kier alpha value is -1.91. The van der Waals surface area contributed by atoms with Crippen molar-refractivity contribution in [3.05, 3.63) is 64.4 Å². The molecule has 2 aromatic carbocycles. The summed E-state index contributed by atoms with van der Waals surface area (Å²) >= 11 is 5.82. The smallest absolute Gasteiger partial charge is 0.230 e. The number of fused-ring (bicyclic) bond motifs is 1. The summed E-state index contributed by atoms with van der Waals surface area (Å²) in [5.74, 6) is 0.0455. The first-order valence-electron chi connectivity index (χ1n) is 9.17. The Bertz CT molecular complexity index is 817. The third-order valence-electron chi connectivity index (χ3n) is 5.50. The number of rotatable bonds is 3. The van der Waals surface area contributed by atoms with Crippen LogP contribution in [0.25, 0.3) is 0 Å². The summed E-state index contributed by atoms with van der Waals surface area (Å²) in [5, 5.41) is 0.418. The first-order chi connectivity index (χ1) is 12.6. The van der Waals surface area contributed by atoms with E-state index < -0.39 is 0 Å². The minimum absolute atomic E-state index is 0.0625. The molecule has 0 aliphatic carbocycles. The van der Waals surface area contributed by atoms with Crippen LogP contribution in [0.4, 0.5) is 10.1 Å². The lowest BCUT2D eigenvalue weighted by molar-refractivity contribution is -0.123. The monoisotopic (exact) mass is 372 g/mol. The molecule has 4 rings (SSSR count). The van der Waals surface area contributed by atoms with Crippen LogP contribution in [0.15, 0.2) is 42.5 Å². The third-order valence-corrected chi connectivity index (χ3v) is 5.73. The Balaban J connectivity index is 1.36. The summed E-state index contributed by atoms with van der Waals surface area (Å²) < 4.78 is 14.0. The molecule has 2 aliphatic rings. The van der Waals surface area contributed by atoms with Crippen LogP contribution in [0.5, 0.6) is 0 Å². The van der Waals surface area contributed by atoms with Gasteiger partial charge in [-0.15, -0.1) is 0 Å². The van der Waals surface area contributed by atoms with E-state index in [-0.39, 0.29) is 17.6 Å². The topological polar surface area (TPSA) is 23.6 Å². The van der Waals surface area contributed by atoms with Gasteiger partial charge in [0, 0.05) is 35.3 Å². The summed E-state index contributed by atoms with van der Waals surface area (Å²) in [4.78, 5) is 17.1. The van der Waals surface area contributed by atoms with Crippen molar-refractivity contribution in [3.63, 3.8) is 0 Å². The molecule has 1 amide bonds. The molecule has 26 heavy (non-hydrogen) atoms. The molecule has 1 saturated heterocycles. The fraction of sp³-hybridized carbons (Fsp3) is 0.381. The second-order valence-electron chi connectivity index (χ2n) is 7.15. The van der Waals surface area contributed by atoms with Gasteiger partial charge in [0.05, 0.1) is 0 Å². The molecule has 2 heterocycles. The maximum atomic E-state index is 14.0. The number of likely N-dealkylation sites (tertiary alicyclic amines) is 1. The van der Waals surface area contributed by atoms with Crippen molar-refractivity contribution in [3.8, 4) is 0 Å². The molecule has 2 aromatic rings. The Labute approximate surface area is 158 Å². The summed E-state index contributed by atoms with van der Waals surface area (Å²) in [6.45, 7) is 2.98. The lowest BCUT2D eigenvalue weighted by Gasteiger charge is -2.33. The van der Waals surface area contributed by atoms with E-state index in [1.807, 2.05) is 23.1 Å². The lowest BCUT2D eigenvalue weighted by Crippen LogP contribution is -2.42. The van der Waals surface area contributed by atoms with Crippen LogP contribution in [0.1, 0.15) is 24.0 Å². The Morgan fingerprint density at radius 1 is 1.12 bits per heavy atom. The molecule has 1 fully saturated rings. The van der Waals surface area contributed by atoms with Crippen LogP contribution >= 0.6 is 11.6 Å². The van der Waals surface area contributed by atoms with Gasteiger partial charge in [-0.05, 0) is 56.1 Å². The highest BCUT2D eigenvalue weighted by molar-refractivity contribution is 6.30. The number of para-hydroxylation sites is 1. The molecule has 0 radical (unpaired) electrons. The zero-order valence-corrected chi connectivity index (χ0v) is 15.4. The molecule has 0 spiro atoms. The van der Waals surface area contributed by atoms with Crippen molar-refractivity contribution in [1.29, 1.82) is 0 Å². The van der Waals surface area contributed by atoms with Crippen molar-refractivity contribution in [2.45, 2.75) is 25.8 Å². The van der Waals surface area contributed by atoms with E-state index in [1.54, 1.807) is 12.1 Å². The maximum absolute atomic E-state index is 14.0. The quantitative estimate of drug-likeness (QED) is 0.802. The first-order valence-corrected chi connectivity index (χ1v) is 9.55. The molecule has 136 valence electrons. The van der Waals surface area contributed by atoms with E-state index in [9.17, 15) is 9.18 Å². The molecule has 5 heteroatoms. The van der Waals surface area contributed by atoms with E-state index in [4.69, 9.17) is 11.6 Å². The zero-order valence-electron chi connectivity index (χ0n) is 14.6. The number of carbonyl (C=O) groups excluding carboxylic acids is 1. The molecule has 0 atom stereocenters. The largest absolute Gasteiger partial charge is 0.312 e. The Morgan fingerprint density at radius 3 is 2.65 bits per heavy atom. The number of piperidine rings is 1. The van der Waals surface area contributed by atoms with Gasteiger partial charge in [0.15, 0.2) is 0 Å². The van der Waals surface area contributed by atoms with E-state index in [0.717, 1.165) is 44.6 Å². The molecule has 0 aromatic heterocycles. The molecule has 0 saturated carbocycles. The molecule has 2 aliphatic heterocycles. The van der Waals surface area contributed by atoms with Gasteiger partial charge in [-0.1, -0.05) is 35.9 Å². The maximum Gasteiger partial charge on any atom is 0.230 e. The molecular formula is C21H22ClFN2O. The van der Waals surface area contributed by atoms with Crippen molar-refractivity contribution in [1.82, 2.24) is 4.90 Å². The van der Waals surface area contributed by atoms with Crippen molar-refractivity contribution < 1.29 is 9.18 Å². The summed E-state index contributed by atoms with van der Waals surface area (Å²) in [6.07, 6.45) is 2.59. The van der Waals surface area contributed by atoms with Gasteiger partial charge in [0.2, 0.25) is 5.91 Å². The average molecular weight is 373 g/mol. The normalized spacial score (nSPS) is 18.2. The van der Waals surface area contributed by atoms with Crippen molar-refractivity contribution in [2.75, 3.05) is 24.5 Å². The highest BCUT2D eigenvalue weighted by Gasteiger charge is 2.32. The highest BCUT2D eigenvalue weighted by Crippen LogP contribution is 2.31. The van der Waals surface area contributed by atoms with Crippen LogP contribution in [-0.2, 0) is 17.8 Å². The predicted octanol–water partition coefficient (Wildman–Crippen LogP) is 4.28. The van der Waals surface area contributed by atoms with Crippen LogP contribution in [0.2, 0.25) is 5.02 Å². The van der Waals surface area contributed by atoms with E-state index in [2.05, 4.69) is 11.0 Å². The summed E-state index contributed by atoms with van der Waals surface area (Å²) in [7, 11) is 0. The molecular weight excluding hydrogens is 351 g/mol. The minimum Gasteiger partial charge on any atom is -0.312 e. The number of hydrogen-bond donors (Lipinski definition) is 0. The lowest BCUT2D eigenvalue weighted by atomic mass is 9.95. The van der Waals surface area contributed by atoms with Crippen molar-refractivity contribution in [2.24, 2.45) is 5.92 Å². The zero-order chi connectivity index (χ0) is 18.1. The second kappa shape index (κ2) is 7.37. The second-order valence-corrected chi connectivity index (χ2v) is 7.59. The minimum atomic E-state index is -0.260. The van der Waals surface area contributed by atoms with Gasteiger partial charge >= 0.3 is 0 Å². The summed E-state index contributed by atoms with van der Waals surface area (Å²) in [6, 6.07) is 13.0. The number of anilines is 1. The number of hydrogen-bond acceptors (Lipinski definition) is 2. The van der Waals surface area contributed by atoms with Gasteiger partial charge in [0.1, 0.15) is 5.82 Å². The Kier molecular flexibility index (Phi) is 4.96. The van der Waals surface area contributed by atoms with E-state index in [0.29, 0.717) is 17.1 Å². The van der Waals surface area contributed by atoms with Crippen LogP contribution in [0, 0.1) is 11.7 Å². The van der Waals surface area contributed by atoms with Gasteiger partial charge in [-0.3, -0.25) is 9.69 Å². The predicted molar refractivity (Wildman–Crippen MR) is 102 cm³/mol. The molecule has 3 nitrogen and oxygen atoms in total. The highest BCUT2D eigenvalue weighted by atomic mass is 35.5. The molecule has 0 unspecified atom stereocenters. The summed E-state index contributed by atoms with van der Waals surface area (Å²) in [5.41, 5.74) is 2.99. The fourth-order valence-corrected chi connectivity index (χ4v) is 4.18. The van der Waals surface area contributed by atoms with Crippen LogP contribution in [-0.4, -0.2) is 30.4 Å². The fourth-order valence-electron chi connectivity index (χ4n) is 4.02. The average Bonchev–Trinajstić information content (AvgIpc) is 3.08. The number of benzene rings is 2. The van der Waals surface area contributed by atoms with Crippen molar-refractivity contribution >= 4 is 23.2 Å². The standard InChI is InChI=1S/C21H22ClFN2O/c22-18-6-5-17(19(23)13-18)14-24-10-7-16(8-11-24)21(26)25-12-9-15-3-1-2-4-20(15)25/h1-6,13,16H,7-12,14H2. The molecule has 0 bridgehead atoms. The third kappa shape index (κ3) is 3.49. The first kappa shape index (κ1) is 17.5. The van der Waals surface area contributed by atoms with Crippen LogP contribution < -0.4 is 4.90 Å². The van der Waals surface area contributed by atoms with E-state index in [1.165, 1.54) is 11.6 Å². The number of amides is 1. The van der Waals surface area contributed by atoms with Gasteiger partial charge in [-0.25, -0.2) is 4.39 Å². The Morgan fingerprint density at radius 2 is 1.88 bits per heavy atom. The molecule has 0 N–H and O–H groups in total. The SMILES string of the molecule is O=C(C1CCN(Cc2ccc(Cl)cc2F)CC1)N1CCc2ccccc21. The van der Waals surface area contributed by atoms with E-state index >= 15 is 0 Å². The van der Waals surface area contributed by atoms with Gasteiger partial charge in [0.25, 0.3) is 0 Å². The number of nitrogens with zero attached hydrogens (tertiary/aromatic N) is 2. The number of carbonyl (C=O) groups is 1. The van der Waals surface area contributed by atoms with Gasteiger partial charge in [-0.2, -0.15) is 0 Å². The van der Waals surface area contributed by atoms with Crippen LogP contribution in [0.3, 0.4) is 0 Å². The van der Waals surface area contributed by atoms with Gasteiger partial charge < -0.3 is 4.90 Å².